The van der Waals surface area contributed by atoms with Crippen molar-refractivity contribution in [1.29, 1.82) is 0 Å². The highest BCUT2D eigenvalue weighted by Crippen LogP contribution is 2.29. The third-order valence-electron chi connectivity index (χ3n) is 4.35. The summed E-state index contributed by atoms with van der Waals surface area (Å²) < 4.78 is 22.1. The van der Waals surface area contributed by atoms with Gasteiger partial charge in [0.05, 0.1) is 11.5 Å². The van der Waals surface area contributed by atoms with Crippen LogP contribution in [0.5, 0.6) is 17.2 Å². The molecular formula is C23H23ClO6. The first-order valence-electron chi connectivity index (χ1n) is 9.53. The number of carbonyl (C=O) groups is 1. The van der Waals surface area contributed by atoms with Crippen LogP contribution >= 0.6 is 11.6 Å². The molecule has 158 valence electrons. The quantitative estimate of drug-likeness (QED) is 0.475. The zero-order valence-corrected chi connectivity index (χ0v) is 18.2. The van der Waals surface area contributed by atoms with Crippen LogP contribution in [0.1, 0.15) is 31.9 Å². The van der Waals surface area contributed by atoms with Gasteiger partial charge in [-0.2, -0.15) is 0 Å². The molecule has 0 aliphatic carbocycles. The number of carbonyl (C=O) groups excluding carboxylic acids is 1. The molecule has 1 aromatic heterocycles. The lowest BCUT2D eigenvalue weighted by atomic mass is 10.1. The Kier molecular flexibility index (Phi) is 6.37. The first kappa shape index (κ1) is 21.7. The van der Waals surface area contributed by atoms with Crippen LogP contribution in [0, 0.1) is 13.8 Å². The SMILES string of the molecule is Cc1cc(Oc2coc3cc(OC(C)C(=O)OC(C)C)ccc3c2=O)cc(C)c1Cl. The summed E-state index contributed by atoms with van der Waals surface area (Å²) in [6, 6.07) is 8.23. The number of hydrogen-bond acceptors (Lipinski definition) is 6. The van der Waals surface area contributed by atoms with Crippen LogP contribution in [0.2, 0.25) is 5.02 Å². The minimum Gasteiger partial charge on any atom is -0.479 e. The summed E-state index contributed by atoms with van der Waals surface area (Å²) in [5.74, 6) is 0.477. The smallest absolute Gasteiger partial charge is 0.347 e. The molecule has 0 N–H and O–H groups in total. The highest BCUT2D eigenvalue weighted by molar-refractivity contribution is 6.32. The van der Waals surface area contributed by atoms with Gasteiger partial charge in [-0.15, -0.1) is 0 Å². The number of rotatable bonds is 6. The monoisotopic (exact) mass is 430 g/mol. The van der Waals surface area contributed by atoms with E-state index >= 15 is 0 Å². The number of benzene rings is 2. The Morgan fingerprint density at radius 3 is 2.33 bits per heavy atom. The second-order valence-electron chi connectivity index (χ2n) is 7.31. The lowest BCUT2D eigenvalue weighted by Crippen LogP contribution is -2.28. The minimum absolute atomic E-state index is 0.0613. The molecule has 0 fully saturated rings. The van der Waals surface area contributed by atoms with Crippen molar-refractivity contribution in [2.75, 3.05) is 0 Å². The van der Waals surface area contributed by atoms with Crippen molar-refractivity contribution in [1.82, 2.24) is 0 Å². The third-order valence-corrected chi connectivity index (χ3v) is 4.95. The molecule has 0 radical (unpaired) electrons. The molecule has 6 nitrogen and oxygen atoms in total. The second kappa shape index (κ2) is 8.79. The maximum absolute atomic E-state index is 12.8. The highest BCUT2D eigenvalue weighted by Gasteiger charge is 2.18. The lowest BCUT2D eigenvalue weighted by molar-refractivity contribution is -0.154. The van der Waals surface area contributed by atoms with E-state index in [-0.39, 0.29) is 17.3 Å². The number of esters is 1. The molecule has 1 heterocycles. The average molecular weight is 431 g/mol. The first-order valence-corrected chi connectivity index (χ1v) is 9.91. The van der Waals surface area contributed by atoms with Gasteiger partial charge in [-0.25, -0.2) is 4.79 Å². The van der Waals surface area contributed by atoms with E-state index in [0.717, 1.165) is 11.1 Å². The van der Waals surface area contributed by atoms with Gasteiger partial charge < -0.3 is 18.6 Å². The van der Waals surface area contributed by atoms with E-state index in [1.807, 2.05) is 13.8 Å². The summed E-state index contributed by atoms with van der Waals surface area (Å²) in [5.41, 5.74) is 1.70. The van der Waals surface area contributed by atoms with Gasteiger partial charge in [0.2, 0.25) is 11.2 Å². The van der Waals surface area contributed by atoms with Crippen molar-refractivity contribution in [2.24, 2.45) is 0 Å². The molecule has 2 aromatic carbocycles. The van der Waals surface area contributed by atoms with Gasteiger partial charge in [-0.1, -0.05) is 11.6 Å². The molecule has 7 heteroatoms. The summed E-state index contributed by atoms with van der Waals surface area (Å²) in [7, 11) is 0. The lowest BCUT2D eigenvalue weighted by Gasteiger charge is -2.16. The molecule has 0 bridgehead atoms. The maximum Gasteiger partial charge on any atom is 0.347 e. The predicted octanol–water partition coefficient (Wildman–Crippen LogP) is 5.57. The molecule has 3 rings (SSSR count). The van der Waals surface area contributed by atoms with E-state index in [1.54, 1.807) is 51.1 Å². The Morgan fingerprint density at radius 2 is 1.70 bits per heavy atom. The van der Waals surface area contributed by atoms with Crippen molar-refractivity contribution in [2.45, 2.75) is 46.8 Å². The van der Waals surface area contributed by atoms with Gasteiger partial charge in [-0.05, 0) is 70.0 Å². The summed E-state index contributed by atoms with van der Waals surface area (Å²) >= 11 is 6.18. The normalized spacial score (nSPS) is 12.1. The number of aryl methyl sites for hydroxylation is 2. The van der Waals surface area contributed by atoms with Gasteiger partial charge in [0.1, 0.15) is 23.3 Å². The van der Waals surface area contributed by atoms with Crippen molar-refractivity contribution in [3.05, 3.63) is 63.0 Å². The number of hydrogen-bond donors (Lipinski definition) is 0. The summed E-state index contributed by atoms with van der Waals surface area (Å²) in [6.45, 7) is 8.86. The summed E-state index contributed by atoms with van der Waals surface area (Å²) in [5, 5.41) is 0.992. The van der Waals surface area contributed by atoms with Gasteiger partial charge in [0.25, 0.3) is 0 Å². The fraction of sp³-hybridized carbons (Fsp3) is 0.304. The molecular weight excluding hydrogens is 408 g/mol. The summed E-state index contributed by atoms with van der Waals surface area (Å²) in [6.07, 6.45) is 0.227. The first-order chi connectivity index (χ1) is 14.2. The van der Waals surface area contributed by atoms with E-state index in [1.165, 1.54) is 6.26 Å². The van der Waals surface area contributed by atoms with Crippen LogP contribution in [0.3, 0.4) is 0 Å². The molecule has 30 heavy (non-hydrogen) atoms. The molecule has 1 unspecified atom stereocenters. The number of halogens is 1. The molecule has 0 saturated heterocycles. The Bertz CT molecular complexity index is 1130. The molecule has 0 aliphatic rings. The Labute approximate surface area is 179 Å². The van der Waals surface area contributed by atoms with Crippen molar-refractivity contribution in [3.8, 4) is 17.2 Å². The van der Waals surface area contributed by atoms with Gasteiger partial charge >= 0.3 is 5.97 Å². The second-order valence-corrected chi connectivity index (χ2v) is 7.68. The number of fused-ring (bicyclic) bond motifs is 1. The van der Waals surface area contributed by atoms with Gasteiger partial charge in [-0.3, -0.25) is 4.79 Å². The predicted molar refractivity (Wildman–Crippen MR) is 115 cm³/mol. The van der Waals surface area contributed by atoms with Crippen molar-refractivity contribution in [3.63, 3.8) is 0 Å². The molecule has 0 amide bonds. The van der Waals surface area contributed by atoms with Crippen LogP contribution < -0.4 is 14.9 Å². The van der Waals surface area contributed by atoms with Crippen LogP contribution in [0.4, 0.5) is 0 Å². The highest BCUT2D eigenvalue weighted by atomic mass is 35.5. The molecule has 0 saturated carbocycles. The minimum atomic E-state index is -0.796. The van der Waals surface area contributed by atoms with Crippen LogP contribution in [-0.4, -0.2) is 18.2 Å². The van der Waals surface area contributed by atoms with Gasteiger partial charge in [0, 0.05) is 11.1 Å². The molecule has 3 aromatic rings. The Balaban J connectivity index is 1.84. The largest absolute Gasteiger partial charge is 0.479 e. The molecule has 1 atom stereocenters. The van der Waals surface area contributed by atoms with E-state index in [4.69, 9.17) is 30.2 Å². The zero-order valence-electron chi connectivity index (χ0n) is 17.4. The van der Waals surface area contributed by atoms with Crippen LogP contribution in [0.25, 0.3) is 11.0 Å². The standard InChI is InChI=1S/C23H23ClO6/c1-12(2)28-23(26)15(5)29-16-6-7-18-19(10-16)27-11-20(22(18)25)30-17-8-13(3)21(24)14(4)9-17/h6-12,15H,1-5H3. The Hall–Kier alpha value is -2.99. The van der Waals surface area contributed by atoms with Crippen molar-refractivity contribution < 1.29 is 23.4 Å². The molecule has 0 aliphatic heterocycles. The zero-order chi connectivity index (χ0) is 22.0. The molecule has 0 spiro atoms. The fourth-order valence-electron chi connectivity index (χ4n) is 2.91. The van der Waals surface area contributed by atoms with Crippen LogP contribution in [0.15, 0.2) is 45.8 Å². The van der Waals surface area contributed by atoms with Crippen LogP contribution in [-0.2, 0) is 9.53 Å². The van der Waals surface area contributed by atoms with E-state index in [0.29, 0.717) is 27.5 Å². The topological polar surface area (TPSA) is 75.0 Å². The van der Waals surface area contributed by atoms with Gasteiger partial charge in [0.15, 0.2) is 6.10 Å². The Morgan fingerprint density at radius 1 is 1.03 bits per heavy atom. The van der Waals surface area contributed by atoms with E-state index in [9.17, 15) is 9.59 Å². The average Bonchev–Trinajstić information content (AvgIpc) is 2.67. The summed E-state index contributed by atoms with van der Waals surface area (Å²) in [4.78, 5) is 24.7. The van der Waals surface area contributed by atoms with Crippen molar-refractivity contribution >= 4 is 28.5 Å². The van der Waals surface area contributed by atoms with E-state index in [2.05, 4.69) is 0 Å². The third kappa shape index (κ3) is 4.76. The van der Waals surface area contributed by atoms with E-state index < -0.39 is 12.1 Å². The maximum atomic E-state index is 12.8. The fourth-order valence-corrected chi connectivity index (χ4v) is 3.02. The number of ether oxygens (including phenoxy) is 3.